The minimum absolute atomic E-state index is 0.0881. The maximum atomic E-state index is 6.85. The minimum atomic E-state index is -0.0983. The van der Waals surface area contributed by atoms with Gasteiger partial charge in [0.1, 0.15) is 0 Å². The Morgan fingerprint density at radius 2 is 2.11 bits per heavy atom. The Kier molecular flexibility index (Phi) is 3.41. The molecule has 0 amide bonds. The van der Waals surface area contributed by atoms with Gasteiger partial charge in [-0.05, 0) is 12.8 Å². The van der Waals surface area contributed by atoms with Crippen LogP contribution in [-0.2, 0) is 9.47 Å². The number of hydrogen-bond acceptors (Lipinski definition) is 4. The van der Waals surface area contributed by atoms with E-state index in [0.717, 1.165) is 45.8 Å². The molecule has 3 aliphatic rings. The summed E-state index contributed by atoms with van der Waals surface area (Å²) in [7, 11) is 0. The van der Waals surface area contributed by atoms with Crippen molar-refractivity contribution in [2.75, 3.05) is 32.9 Å². The van der Waals surface area contributed by atoms with Crippen LogP contribution < -0.4 is 5.73 Å². The Morgan fingerprint density at radius 1 is 1.32 bits per heavy atom. The lowest BCUT2D eigenvalue weighted by Crippen LogP contribution is -2.78. The monoisotopic (exact) mass is 268 g/mol. The van der Waals surface area contributed by atoms with Crippen LogP contribution in [-0.4, -0.2) is 55.5 Å². The molecule has 1 aliphatic carbocycles. The second kappa shape index (κ2) is 4.69. The van der Waals surface area contributed by atoms with Crippen LogP contribution in [0.5, 0.6) is 0 Å². The highest BCUT2D eigenvalue weighted by Gasteiger charge is 2.67. The van der Waals surface area contributed by atoms with E-state index in [2.05, 4.69) is 25.7 Å². The third-order valence-electron chi connectivity index (χ3n) is 5.95. The summed E-state index contributed by atoms with van der Waals surface area (Å²) in [5.74, 6) is 0.544. The van der Waals surface area contributed by atoms with Crippen LogP contribution >= 0.6 is 0 Å². The Bertz CT molecular complexity index is 347. The molecule has 110 valence electrons. The number of morpholine rings is 1. The summed E-state index contributed by atoms with van der Waals surface area (Å²) in [6.45, 7) is 11.4. The average Bonchev–Trinajstić information content (AvgIpc) is 2.87. The van der Waals surface area contributed by atoms with E-state index >= 15 is 0 Å². The van der Waals surface area contributed by atoms with E-state index in [1.165, 1.54) is 0 Å². The van der Waals surface area contributed by atoms with E-state index in [-0.39, 0.29) is 11.0 Å². The van der Waals surface area contributed by atoms with Crippen molar-refractivity contribution in [1.82, 2.24) is 4.90 Å². The van der Waals surface area contributed by atoms with Crippen LogP contribution in [0.25, 0.3) is 0 Å². The van der Waals surface area contributed by atoms with Gasteiger partial charge in [-0.15, -0.1) is 0 Å². The number of fused-ring (bicyclic) bond motifs is 1. The smallest absolute Gasteiger partial charge is 0.0691 e. The summed E-state index contributed by atoms with van der Waals surface area (Å²) >= 11 is 0. The maximum absolute atomic E-state index is 6.85. The summed E-state index contributed by atoms with van der Waals surface area (Å²) in [5.41, 5.74) is 6.84. The number of rotatable bonds is 3. The molecule has 4 unspecified atom stereocenters. The van der Waals surface area contributed by atoms with Crippen LogP contribution in [0, 0.1) is 11.3 Å². The molecular weight excluding hydrogens is 240 g/mol. The zero-order valence-electron chi connectivity index (χ0n) is 12.5. The first kappa shape index (κ1) is 13.8. The predicted octanol–water partition coefficient (Wildman–Crippen LogP) is 1.24. The molecule has 0 radical (unpaired) electrons. The SMILES string of the molecule is CCC1COCCN1CC1(N)C2CCOC2C1(C)C. The van der Waals surface area contributed by atoms with Crippen LogP contribution in [0.15, 0.2) is 0 Å². The van der Waals surface area contributed by atoms with Gasteiger partial charge in [-0.2, -0.15) is 0 Å². The molecule has 2 saturated heterocycles. The maximum Gasteiger partial charge on any atom is 0.0691 e. The molecule has 4 nitrogen and oxygen atoms in total. The van der Waals surface area contributed by atoms with Crippen molar-refractivity contribution in [2.24, 2.45) is 17.1 Å². The lowest BCUT2D eigenvalue weighted by molar-refractivity contribution is -0.171. The third-order valence-corrected chi connectivity index (χ3v) is 5.95. The third kappa shape index (κ3) is 1.88. The zero-order chi connectivity index (χ0) is 13.7. The summed E-state index contributed by atoms with van der Waals surface area (Å²) in [6, 6.07) is 0.534. The Balaban J connectivity index is 1.74. The van der Waals surface area contributed by atoms with Crippen molar-refractivity contribution in [1.29, 1.82) is 0 Å². The molecule has 3 rings (SSSR count). The van der Waals surface area contributed by atoms with E-state index < -0.39 is 0 Å². The standard InChI is InChI=1S/C15H28N2O2/c1-4-11-9-18-8-6-17(11)10-15(16)12-5-7-19-13(12)14(15,2)3/h11-13H,4-10,16H2,1-3H3. The second-order valence-electron chi connectivity index (χ2n) is 7.06. The molecule has 0 spiro atoms. The Hall–Kier alpha value is -0.160. The second-order valence-corrected chi connectivity index (χ2v) is 7.06. The van der Waals surface area contributed by atoms with Crippen molar-refractivity contribution in [3.05, 3.63) is 0 Å². The molecule has 1 saturated carbocycles. The van der Waals surface area contributed by atoms with Gasteiger partial charge < -0.3 is 15.2 Å². The summed E-state index contributed by atoms with van der Waals surface area (Å²) in [5, 5.41) is 0. The number of hydrogen-bond donors (Lipinski definition) is 1. The van der Waals surface area contributed by atoms with E-state index in [0.29, 0.717) is 18.1 Å². The fourth-order valence-corrected chi connectivity index (χ4v) is 4.41. The first-order valence-electron chi connectivity index (χ1n) is 7.73. The van der Waals surface area contributed by atoms with Gasteiger partial charge >= 0.3 is 0 Å². The molecule has 0 aromatic heterocycles. The van der Waals surface area contributed by atoms with E-state index in [1.54, 1.807) is 0 Å². The molecule has 4 atom stereocenters. The number of nitrogens with zero attached hydrogens (tertiary/aromatic N) is 1. The lowest BCUT2D eigenvalue weighted by atomic mass is 9.48. The van der Waals surface area contributed by atoms with Gasteiger partial charge in [-0.3, -0.25) is 4.90 Å². The minimum Gasteiger partial charge on any atom is -0.378 e. The van der Waals surface area contributed by atoms with E-state index in [4.69, 9.17) is 15.2 Å². The van der Waals surface area contributed by atoms with Crippen molar-refractivity contribution in [3.8, 4) is 0 Å². The Morgan fingerprint density at radius 3 is 2.84 bits per heavy atom. The van der Waals surface area contributed by atoms with Crippen molar-refractivity contribution < 1.29 is 9.47 Å². The normalized spacial score (nSPS) is 45.8. The quantitative estimate of drug-likeness (QED) is 0.836. The van der Waals surface area contributed by atoms with Crippen LogP contribution in [0.3, 0.4) is 0 Å². The van der Waals surface area contributed by atoms with E-state index in [1.807, 2.05) is 0 Å². The van der Waals surface area contributed by atoms with Gasteiger partial charge in [0.05, 0.1) is 19.3 Å². The highest BCUT2D eigenvalue weighted by Crippen LogP contribution is 2.58. The first-order valence-corrected chi connectivity index (χ1v) is 7.73. The molecule has 0 bridgehead atoms. The molecule has 0 aromatic carbocycles. The summed E-state index contributed by atoms with van der Waals surface area (Å²) < 4.78 is 11.5. The van der Waals surface area contributed by atoms with Crippen molar-refractivity contribution >= 4 is 0 Å². The first-order chi connectivity index (χ1) is 9.00. The molecule has 3 fully saturated rings. The van der Waals surface area contributed by atoms with E-state index in [9.17, 15) is 0 Å². The molecule has 2 N–H and O–H groups in total. The zero-order valence-corrected chi connectivity index (χ0v) is 12.5. The predicted molar refractivity (Wildman–Crippen MR) is 75.0 cm³/mol. The lowest BCUT2D eigenvalue weighted by Gasteiger charge is -2.64. The summed E-state index contributed by atoms with van der Waals surface area (Å²) in [4.78, 5) is 2.56. The molecular formula is C15H28N2O2. The molecule has 2 aliphatic heterocycles. The van der Waals surface area contributed by atoms with Gasteiger partial charge in [0, 0.05) is 42.6 Å². The van der Waals surface area contributed by atoms with Gasteiger partial charge in [-0.25, -0.2) is 0 Å². The van der Waals surface area contributed by atoms with Crippen LogP contribution in [0.1, 0.15) is 33.6 Å². The van der Waals surface area contributed by atoms with Gasteiger partial charge in [-0.1, -0.05) is 20.8 Å². The number of nitrogens with two attached hydrogens (primary N) is 1. The largest absolute Gasteiger partial charge is 0.378 e. The van der Waals surface area contributed by atoms with Crippen LogP contribution in [0.2, 0.25) is 0 Å². The van der Waals surface area contributed by atoms with Crippen LogP contribution in [0.4, 0.5) is 0 Å². The molecule has 2 heterocycles. The molecule has 4 heteroatoms. The highest BCUT2D eigenvalue weighted by molar-refractivity contribution is 5.21. The van der Waals surface area contributed by atoms with Crippen molar-refractivity contribution in [3.63, 3.8) is 0 Å². The van der Waals surface area contributed by atoms with Crippen molar-refractivity contribution in [2.45, 2.75) is 51.3 Å². The molecule has 19 heavy (non-hydrogen) atoms. The van der Waals surface area contributed by atoms with Gasteiger partial charge in [0.15, 0.2) is 0 Å². The molecule has 0 aromatic rings. The van der Waals surface area contributed by atoms with Gasteiger partial charge in [0.2, 0.25) is 0 Å². The highest BCUT2D eigenvalue weighted by atomic mass is 16.5. The average molecular weight is 268 g/mol. The Labute approximate surface area is 116 Å². The summed E-state index contributed by atoms with van der Waals surface area (Å²) in [6.07, 6.45) is 2.64. The topological polar surface area (TPSA) is 47.7 Å². The number of ether oxygens (including phenoxy) is 2. The fourth-order valence-electron chi connectivity index (χ4n) is 4.41. The fraction of sp³-hybridized carbons (Fsp3) is 1.00. The van der Waals surface area contributed by atoms with Gasteiger partial charge in [0.25, 0.3) is 0 Å².